The maximum Gasteiger partial charge on any atom is 0.472 e. The van der Waals surface area contributed by atoms with Crippen molar-refractivity contribution in [1.82, 2.24) is 9.89 Å². The van der Waals surface area contributed by atoms with E-state index in [-0.39, 0.29) is 32.6 Å². The molecule has 1 aliphatic carbocycles. The van der Waals surface area contributed by atoms with Crippen molar-refractivity contribution in [3.8, 4) is 22.5 Å². The molecule has 442 valence electrons. The Morgan fingerprint density at radius 3 is 1.68 bits per heavy atom. The van der Waals surface area contributed by atoms with E-state index >= 15 is 0 Å². The fraction of sp³-hybridized carbons (Fsp3) is 0.662. The fourth-order valence-corrected chi connectivity index (χ4v) is 11.2. The highest BCUT2D eigenvalue weighted by Gasteiger charge is 2.27. The summed E-state index contributed by atoms with van der Waals surface area (Å²) in [7, 11) is -4.71. The van der Waals surface area contributed by atoms with Crippen molar-refractivity contribution in [1.29, 1.82) is 0 Å². The topological polar surface area (TPSA) is 157 Å². The summed E-state index contributed by atoms with van der Waals surface area (Å²) < 4.78 is 44.1. The summed E-state index contributed by atoms with van der Waals surface area (Å²) in [5.41, 5.74) is 4.56. The van der Waals surface area contributed by atoms with E-state index < -0.39 is 38.4 Å². The second kappa shape index (κ2) is 39.8. The number of rotatable bonds is 45. The number of nitrogens with zero attached hydrogens (tertiary/aromatic N) is 2. The van der Waals surface area contributed by atoms with Gasteiger partial charge in [-0.25, -0.2) is 9.14 Å². The third kappa shape index (κ3) is 25.4. The first-order valence-corrected chi connectivity index (χ1v) is 32.7. The van der Waals surface area contributed by atoms with Gasteiger partial charge in [-0.1, -0.05) is 186 Å². The molecular weight excluding hydrogens is 1010 g/mol. The smallest absolute Gasteiger partial charge is 0.462 e. The number of nitrogens with one attached hydrogen (secondary N) is 1. The summed E-state index contributed by atoms with van der Waals surface area (Å²) in [4.78, 5) is 53.0. The van der Waals surface area contributed by atoms with Gasteiger partial charge in [-0.3, -0.25) is 23.4 Å². The summed E-state index contributed by atoms with van der Waals surface area (Å²) in [5, 5.41) is 4.76. The van der Waals surface area contributed by atoms with E-state index in [1.54, 1.807) is 12.1 Å². The van der Waals surface area contributed by atoms with Gasteiger partial charge in [0, 0.05) is 72.4 Å². The summed E-state index contributed by atoms with van der Waals surface area (Å²) in [6.07, 6.45) is 30.2. The van der Waals surface area contributed by atoms with Gasteiger partial charge in [0.15, 0.2) is 6.10 Å². The van der Waals surface area contributed by atoms with Gasteiger partial charge >= 0.3 is 19.8 Å². The number of carbonyl (C=O) groups is 3. The zero-order chi connectivity index (χ0) is 56.9. The van der Waals surface area contributed by atoms with Crippen molar-refractivity contribution in [3.05, 3.63) is 71.6 Å². The van der Waals surface area contributed by atoms with Gasteiger partial charge in [0.05, 0.1) is 19.3 Å². The van der Waals surface area contributed by atoms with E-state index in [0.29, 0.717) is 35.3 Å². The lowest BCUT2D eigenvalue weighted by atomic mass is 9.90. The zero-order valence-electron chi connectivity index (χ0n) is 49.8. The van der Waals surface area contributed by atoms with Crippen molar-refractivity contribution >= 4 is 42.3 Å². The number of fused-ring (bicyclic) bond motifs is 2. The molecule has 13 nitrogen and oxygen atoms in total. The molecule has 2 aliphatic rings. The molecule has 2 N–H and O–H groups in total. The molecule has 79 heavy (non-hydrogen) atoms. The molecule has 0 saturated carbocycles. The van der Waals surface area contributed by atoms with Crippen LogP contribution < -0.4 is 20.1 Å². The second-order valence-corrected chi connectivity index (χ2v) is 22.8. The van der Waals surface area contributed by atoms with Crippen molar-refractivity contribution in [2.24, 2.45) is 0 Å². The first kappa shape index (κ1) is 67.0. The van der Waals surface area contributed by atoms with E-state index in [4.69, 9.17) is 22.9 Å². The molecule has 4 rings (SSSR count). The van der Waals surface area contributed by atoms with E-state index in [1.165, 1.54) is 116 Å². The molecule has 0 saturated heterocycles. The number of anilines is 1. The van der Waals surface area contributed by atoms with Crippen LogP contribution in [0.5, 0.6) is 0 Å². The number of carbonyl (C=O) groups excluding carboxylic acids is 3. The molecule has 1 unspecified atom stereocenters. The summed E-state index contributed by atoms with van der Waals surface area (Å²) in [6, 6.07) is 19.8. The molecule has 2 aromatic carbocycles. The second-order valence-electron chi connectivity index (χ2n) is 21.4. The monoisotopic (exact) mass is 1120 g/mol. The van der Waals surface area contributed by atoms with Crippen LogP contribution in [0, 0.1) is 0 Å². The quantitative estimate of drug-likeness (QED) is 0.0143. The highest BCUT2D eigenvalue weighted by atomic mass is 31.2. The first-order chi connectivity index (χ1) is 38.5. The largest absolute Gasteiger partial charge is 0.472 e. The van der Waals surface area contributed by atoms with Gasteiger partial charge < -0.3 is 29.0 Å². The van der Waals surface area contributed by atoms with Crippen molar-refractivity contribution in [3.63, 3.8) is 0 Å². The molecule has 0 bridgehead atoms. The van der Waals surface area contributed by atoms with Crippen LogP contribution in [-0.2, 0) is 32.7 Å². The lowest BCUT2D eigenvalue weighted by Gasteiger charge is -2.22. The van der Waals surface area contributed by atoms with E-state index in [9.17, 15) is 23.8 Å². The minimum atomic E-state index is -4.71. The molecule has 1 aliphatic heterocycles. The Labute approximate surface area is 475 Å². The van der Waals surface area contributed by atoms with Crippen LogP contribution in [0.15, 0.2) is 65.1 Å². The minimum Gasteiger partial charge on any atom is -0.462 e. The summed E-state index contributed by atoms with van der Waals surface area (Å²) in [6.45, 7) is 15.0. The van der Waals surface area contributed by atoms with Crippen molar-refractivity contribution in [2.75, 3.05) is 57.4 Å². The molecule has 0 spiro atoms. The van der Waals surface area contributed by atoms with Crippen molar-refractivity contribution < 1.29 is 46.8 Å². The fourth-order valence-electron chi connectivity index (χ4n) is 10.5. The van der Waals surface area contributed by atoms with E-state index in [0.717, 1.165) is 92.3 Å². The number of amides is 1. The van der Waals surface area contributed by atoms with Gasteiger partial charge in [0.1, 0.15) is 31.0 Å². The van der Waals surface area contributed by atoms with Crippen LogP contribution in [0.1, 0.15) is 232 Å². The molecular formula is C65H103N3O10P+. The van der Waals surface area contributed by atoms with Gasteiger partial charge in [-0.05, 0) is 70.4 Å². The Hall–Kier alpha value is -4.55. The van der Waals surface area contributed by atoms with Crippen LogP contribution >= 0.6 is 7.82 Å². The average Bonchev–Trinajstić information content (AvgIpc) is 3.51. The number of hydrogen-bond donors (Lipinski definition) is 2. The molecule has 0 aromatic heterocycles. The third-order valence-corrected chi connectivity index (χ3v) is 16.1. The number of esters is 2. The Morgan fingerprint density at radius 1 is 0.608 bits per heavy atom. The zero-order valence-corrected chi connectivity index (χ0v) is 50.7. The normalized spacial score (nSPS) is 12.6. The van der Waals surface area contributed by atoms with Crippen LogP contribution in [-0.4, -0.2) is 81.4 Å². The lowest BCUT2D eigenvalue weighted by molar-refractivity contribution is -0.161. The predicted octanol–water partition coefficient (Wildman–Crippen LogP) is 16.1. The van der Waals surface area contributed by atoms with Crippen LogP contribution in [0.25, 0.3) is 33.4 Å². The highest BCUT2D eigenvalue weighted by molar-refractivity contribution is 7.47. The number of benzene rings is 3. The third-order valence-electron chi connectivity index (χ3n) is 15.2. The molecule has 1 amide bonds. The number of phosphoric ester groups is 1. The molecule has 0 radical (unpaired) electrons. The Bertz CT molecular complexity index is 2430. The maximum atomic E-state index is 14.1. The molecule has 1 heterocycles. The number of ether oxygens (including phenoxy) is 2. The molecule has 14 heteroatoms. The SMILES string of the molecule is CCCCCCCCCCCCCCCC(=O)OC[C@H](COP(=O)(O)OCCNC(=O)c1ccccc1-c1c2ccc(=[N+](CC)CC)cc-2oc2cc(N(CC)CC)ccc12)OC(=O)CCCCCCCCCCCCCCC. The number of hydrogen-bond acceptors (Lipinski definition) is 10. The summed E-state index contributed by atoms with van der Waals surface area (Å²) in [5.74, 6) is -0.606. The average molecular weight is 1120 g/mol. The van der Waals surface area contributed by atoms with E-state index in [1.807, 2.05) is 12.1 Å². The highest BCUT2D eigenvalue weighted by Crippen LogP contribution is 2.44. The molecule has 2 atom stereocenters. The first-order valence-electron chi connectivity index (χ1n) is 31.2. The number of unbranched alkanes of at least 4 members (excludes halogenated alkanes) is 24. The Kier molecular flexibility index (Phi) is 33.7. The van der Waals surface area contributed by atoms with Gasteiger partial charge in [0.2, 0.25) is 5.36 Å². The Morgan fingerprint density at radius 2 is 1.14 bits per heavy atom. The van der Waals surface area contributed by atoms with Crippen LogP contribution in [0.2, 0.25) is 0 Å². The van der Waals surface area contributed by atoms with E-state index in [2.05, 4.69) is 92.7 Å². The standard InChI is InChI=1S/C65H102N3O10P/c1-7-13-15-17-19-21-23-25-27-29-31-33-35-41-62(69)74-51-55(77-63(70)42-36-34-32-30-28-26-24-22-20-18-16-14-8-2)52-76-79(72,73)75-48-47-66-65(71)57-40-38-37-39-56(57)64-58-45-43-53(67(9-3)10-4)49-60(58)78-61-50-54(44-46-59(61)64)68(11-5)12-6/h37-40,43-46,49-50,55H,7-36,41-42,47-48,51-52H2,1-6H3,(H-,66,71,72,73)/p+1/t55-/m1/s1. The lowest BCUT2D eigenvalue weighted by Crippen LogP contribution is -2.30. The Balaban J connectivity index is 1.32. The number of phosphoric acid groups is 1. The van der Waals surface area contributed by atoms with Crippen molar-refractivity contribution in [2.45, 2.75) is 227 Å². The summed E-state index contributed by atoms with van der Waals surface area (Å²) >= 11 is 0. The van der Waals surface area contributed by atoms with Gasteiger partial charge in [0.25, 0.3) is 5.91 Å². The predicted molar refractivity (Wildman–Crippen MR) is 324 cm³/mol. The van der Waals surface area contributed by atoms with Crippen LogP contribution in [0.4, 0.5) is 5.69 Å². The maximum absolute atomic E-state index is 14.1. The molecule has 0 fully saturated rings. The molecule has 2 aromatic rings. The van der Waals surface area contributed by atoms with Crippen LogP contribution in [0.3, 0.4) is 0 Å². The van der Waals surface area contributed by atoms with Gasteiger partial charge in [-0.2, -0.15) is 0 Å². The van der Waals surface area contributed by atoms with Gasteiger partial charge in [-0.15, -0.1) is 0 Å². The minimum absolute atomic E-state index is 0.110.